The van der Waals surface area contributed by atoms with Crippen molar-refractivity contribution < 1.29 is 13.2 Å². The first kappa shape index (κ1) is 24.6. The third-order valence-corrected chi connectivity index (χ3v) is 11.6. The fraction of sp³-hybridized carbons (Fsp3) is 0.552. The van der Waals surface area contributed by atoms with Gasteiger partial charge in [0.25, 0.3) is 0 Å². The predicted octanol–water partition coefficient (Wildman–Crippen LogP) is 6.10. The highest BCUT2D eigenvalue weighted by atomic mass is 79.9. The number of carbonyl (C=O) groups excluding carboxylic acids is 1. The van der Waals surface area contributed by atoms with Crippen LogP contribution in [0, 0.1) is 23.7 Å². The summed E-state index contributed by atoms with van der Waals surface area (Å²) in [6.07, 6.45) is 9.45. The first-order valence-corrected chi connectivity index (χ1v) is 15.8. The number of anilines is 1. The molecular formula is C29H35BrN2O3S. The lowest BCUT2D eigenvalue weighted by Crippen LogP contribution is -2.48. The highest BCUT2D eigenvalue weighted by Crippen LogP contribution is 2.60. The molecule has 2 aromatic carbocycles. The van der Waals surface area contributed by atoms with E-state index in [0.29, 0.717) is 31.3 Å². The van der Waals surface area contributed by atoms with Crippen molar-refractivity contribution in [2.24, 2.45) is 23.7 Å². The maximum Gasteiger partial charge on any atom is 0.227 e. The molecule has 4 aliphatic carbocycles. The fourth-order valence-corrected chi connectivity index (χ4v) is 9.94. The summed E-state index contributed by atoms with van der Waals surface area (Å²) >= 11 is 3.40. The van der Waals surface area contributed by atoms with Crippen molar-refractivity contribution in [1.82, 2.24) is 4.31 Å². The quantitative estimate of drug-likeness (QED) is 0.456. The van der Waals surface area contributed by atoms with Crippen LogP contribution in [0.3, 0.4) is 0 Å². The van der Waals surface area contributed by atoms with Gasteiger partial charge < -0.3 is 5.32 Å². The van der Waals surface area contributed by atoms with Crippen molar-refractivity contribution in [3.63, 3.8) is 0 Å². The van der Waals surface area contributed by atoms with E-state index in [2.05, 4.69) is 45.5 Å². The lowest BCUT2D eigenvalue weighted by Gasteiger charge is -2.57. The first-order chi connectivity index (χ1) is 17.3. The number of halogens is 1. The molecule has 1 amide bonds. The molecule has 7 heteroatoms. The Balaban J connectivity index is 1.04. The lowest BCUT2D eigenvalue weighted by molar-refractivity contribution is -0.120. The maximum atomic E-state index is 13.0. The second-order valence-electron chi connectivity index (χ2n) is 11.8. The number of nitrogens with one attached hydrogen (secondary N) is 1. The Morgan fingerprint density at radius 2 is 1.56 bits per heavy atom. The molecule has 4 bridgehead atoms. The molecule has 0 unspecified atom stereocenters. The Morgan fingerprint density at radius 1 is 0.944 bits per heavy atom. The van der Waals surface area contributed by atoms with Crippen LogP contribution in [0.2, 0.25) is 0 Å². The summed E-state index contributed by atoms with van der Waals surface area (Å²) in [6, 6.07) is 16.0. The minimum absolute atomic E-state index is 0.00147. The van der Waals surface area contributed by atoms with Crippen molar-refractivity contribution in [3.8, 4) is 0 Å². The summed E-state index contributed by atoms with van der Waals surface area (Å²) in [4.78, 5) is 13.0. The number of amides is 1. The van der Waals surface area contributed by atoms with Gasteiger partial charge >= 0.3 is 0 Å². The average Bonchev–Trinajstić information content (AvgIpc) is 2.83. The summed E-state index contributed by atoms with van der Waals surface area (Å²) in [5.74, 6) is 2.57. The first-order valence-electron chi connectivity index (χ1n) is 13.4. The molecule has 5 fully saturated rings. The molecule has 2 aromatic rings. The number of benzene rings is 2. The third kappa shape index (κ3) is 4.91. The van der Waals surface area contributed by atoms with Gasteiger partial charge in [-0.15, -0.1) is 0 Å². The number of piperidine rings is 1. The Kier molecular flexibility index (Phi) is 6.54. The molecule has 1 aliphatic heterocycles. The number of rotatable bonds is 6. The van der Waals surface area contributed by atoms with Gasteiger partial charge in [0.2, 0.25) is 15.9 Å². The van der Waals surface area contributed by atoms with E-state index in [-0.39, 0.29) is 17.6 Å². The number of sulfonamides is 1. The highest BCUT2D eigenvalue weighted by molar-refractivity contribution is 9.10. The second-order valence-corrected chi connectivity index (χ2v) is 14.7. The summed E-state index contributed by atoms with van der Waals surface area (Å²) in [6.45, 7) is 0.777. The number of hydrogen-bond acceptors (Lipinski definition) is 3. The van der Waals surface area contributed by atoms with Gasteiger partial charge in [0.05, 0.1) is 5.75 Å². The summed E-state index contributed by atoms with van der Waals surface area (Å²) in [5.41, 5.74) is 3.44. The molecule has 36 heavy (non-hydrogen) atoms. The smallest absolute Gasteiger partial charge is 0.227 e. The van der Waals surface area contributed by atoms with Crippen LogP contribution >= 0.6 is 15.9 Å². The number of hydrogen-bond donors (Lipinski definition) is 1. The Bertz CT molecular complexity index is 1200. The molecule has 0 aromatic heterocycles. The van der Waals surface area contributed by atoms with Gasteiger partial charge in [-0.05, 0) is 110 Å². The van der Waals surface area contributed by atoms with Gasteiger partial charge in [0.15, 0.2) is 0 Å². The van der Waals surface area contributed by atoms with Crippen molar-refractivity contribution >= 4 is 37.5 Å². The van der Waals surface area contributed by atoms with Gasteiger partial charge in [-0.25, -0.2) is 12.7 Å². The minimum Gasteiger partial charge on any atom is -0.326 e. The summed E-state index contributed by atoms with van der Waals surface area (Å²) in [5, 5.41) is 3.10. The van der Waals surface area contributed by atoms with Crippen LogP contribution in [-0.4, -0.2) is 31.7 Å². The van der Waals surface area contributed by atoms with Gasteiger partial charge in [-0.2, -0.15) is 0 Å². The predicted molar refractivity (Wildman–Crippen MR) is 146 cm³/mol. The number of nitrogens with zero attached hydrogens (tertiary/aromatic N) is 1. The molecule has 0 radical (unpaired) electrons. The SMILES string of the molecule is O=C(Nc1ccc(C23CC4CC(CC(C4)C2)C3)cc1)C1CCN(S(=O)(=O)Cc2cccc(Br)c2)CC1. The van der Waals surface area contributed by atoms with Crippen LogP contribution in [0.1, 0.15) is 62.5 Å². The Hall–Kier alpha value is -1.70. The van der Waals surface area contributed by atoms with Gasteiger partial charge in [-0.3, -0.25) is 4.79 Å². The van der Waals surface area contributed by atoms with Crippen LogP contribution in [0.25, 0.3) is 0 Å². The van der Waals surface area contributed by atoms with E-state index < -0.39 is 10.0 Å². The van der Waals surface area contributed by atoms with Crippen molar-refractivity contribution in [3.05, 3.63) is 64.1 Å². The van der Waals surface area contributed by atoms with Gasteiger partial charge in [0, 0.05) is 29.2 Å². The monoisotopic (exact) mass is 570 g/mol. The fourth-order valence-electron chi connectivity index (χ4n) is 7.94. The second kappa shape index (κ2) is 9.55. The van der Waals surface area contributed by atoms with E-state index in [4.69, 9.17) is 0 Å². The molecular weight excluding hydrogens is 536 g/mol. The molecule has 1 N–H and O–H groups in total. The highest BCUT2D eigenvalue weighted by Gasteiger charge is 2.51. The van der Waals surface area contributed by atoms with Crippen molar-refractivity contribution in [1.29, 1.82) is 0 Å². The van der Waals surface area contributed by atoms with E-state index in [1.807, 2.05) is 24.3 Å². The van der Waals surface area contributed by atoms with E-state index in [0.717, 1.165) is 33.5 Å². The Labute approximate surface area is 223 Å². The molecule has 1 saturated heterocycles. The van der Waals surface area contributed by atoms with E-state index in [1.54, 1.807) is 0 Å². The average molecular weight is 572 g/mol. The molecule has 192 valence electrons. The molecule has 4 saturated carbocycles. The van der Waals surface area contributed by atoms with Crippen LogP contribution in [0.5, 0.6) is 0 Å². The molecule has 1 heterocycles. The molecule has 5 aliphatic rings. The normalized spacial score (nSPS) is 30.4. The maximum absolute atomic E-state index is 13.0. The zero-order chi connectivity index (χ0) is 24.9. The number of carbonyl (C=O) groups is 1. The molecule has 5 nitrogen and oxygen atoms in total. The molecule has 0 atom stereocenters. The lowest BCUT2D eigenvalue weighted by atomic mass is 9.48. The third-order valence-electron chi connectivity index (χ3n) is 9.26. The van der Waals surface area contributed by atoms with E-state index in [1.165, 1.54) is 48.4 Å². The molecule has 0 spiro atoms. The minimum atomic E-state index is -3.40. The van der Waals surface area contributed by atoms with Crippen LogP contribution < -0.4 is 5.32 Å². The standard InChI is InChI=1S/C29H35BrN2O3S/c30-26-3-1-2-20(15-26)19-36(34,35)32-10-8-24(9-11-32)28(33)31-27-6-4-25(5-7-27)29-16-21-12-22(17-29)14-23(13-21)18-29/h1-7,15,21-24H,8-14,16-19H2,(H,31,33). The van der Waals surface area contributed by atoms with Gasteiger partial charge in [0.1, 0.15) is 0 Å². The van der Waals surface area contributed by atoms with Crippen LogP contribution in [-0.2, 0) is 26.0 Å². The zero-order valence-electron chi connectivity index (χ0n) is 20.7. The van der Waals surface area contributed by atoms with Crippen molar-refractivity contribution in [2.45, 2.75) is 62.5 Å². The molecule has 7 rings (SSSR count). The van der Waals surface area contributed by atoms with E-state index in [9.17, 15) is 13.2 Å². The van der Waals surface area contributed by atoms with Crippen LogP contribution in [0.15, 0.2) is 53.0 Å². The van der Waals surface area contributed by atoms with Crippen LogP contribution in [0.4, 0.5) is 5.69 Å². The van der Waals surface area contributed by atoms with Gasteiger partial charge in [-0.1, -0.05) is 40.2 Å². The summed E-state index contributed by atoms with van der Waals surface area (Å²) < 4.78 is 28.2. The topological polar surface area (TPSA) is 66.5 Å². The largest absolute Gasteiger partial charge is 0.326 e. The Morgan fingerprint density at radius 3 is 2.14 bits per heavy atom. The summed E-state index contributed by atoms with van der Waals surface area (Å²) in [7, 11) is -3.40. The zero-order valence-corrected chi connectivity index (χ0v) is 23.1. The van der Waals surface area contributed by atoms with Crippen molar-refractivity contribution in [2.75, 3.05) is 18.4 Å². The van der Waals surface area contributed by atoms with E-state index >= 15 is 0 Å².